The van der Waals surface area contributed by atoms with Crippen LogP contribution < -0.4 is 10.9 Å². The molecule has 3 heterocycles. The second-order valence-electron chi connectivity index (χ2n) is 8.97. The van der Waals surface area contributed by atoms with Crippen molar-refractivity contribution < 1.29 is 14.6 Å². The molecule has 2 fully saturated rings. The highest BCUT2D eigenvalue weighted by atomic mass is 16.5. The molecule has 0 spiro atoms. The molecular formula is C23H32N4O4. The van der Waals surface area contributed by atoms with Gasteiger partial charge in [-0.3, -0.25) is 19.1 Å². The highest BCUT2D eigenvalue weighted by molar-refractivity contribution is 6.01. The van der Waals surface area contributed by atoms with Crippen molar-refractivity contribution in [3.8, 4) is 5.75 Å². The van der Waals surface area contributed by atoms with Gasteiger partial charge in [0.05, 0.1) is 18.1 Å². The van der Waals surface area contributed by atoms with Crippen LogP contribution in [0, 0.1) is 5.92 Å². The van der Waals surface area contributed by atoms with Gasteiger partial charge in [0.25, 0.3) is 11.5 Å². The maximum Gasteiger partial charge on any atom is 0.268 e. The van der Waals surface area contributed by atoms with Gasteiger partial charge in [0.1, 0.15) is 17.0 Å². The lowest BCUT2D eigenvalue weighted by Crippen LogP contribution is -2.44. The van der Waals surface area contributed by atoms with Gasteiger partial charge in [-0.05, 0) is 50.7 Å². The van der Waals surface area contributed by atoms with Crippen LogP contribution in [-0.2, 0) is 11.3 Å². The third kappa shape index (κ3) is 4.75. The number of carbonyl (C=O) groups is 1. The second-order valence-corrected chi connectivity index (χ2v) is 8.97. The molecule has 2 aromatic rings. The summed E-state index contributed by atoms with van der Waals surface area (Å²) < 4.78 is 7.11. The number of morpholine rings is 1. The van der Waals surface area contributed by atoms with Crippen LogP contribution in [0.15, 0.2) is 23.1 Å². The Hall–Kier alpha value is -2.45. The molecule has 2 aliphatic rings. The lowest BCUT2D eigenvalue weighted by Gasteiger charge is -2.31. The fraction of sp³-hybridized carbons (Fsp3) is 0.609. The highest BCUT2D eigenvalue weighted by Crippen LogP contribution is 2.27. The van der Waals surface area contributed by atoms with E-state index in [9.17, 15) is 14.7 Å². The van der Waals surface area contributed by atoms with Gasteiger partial charge in [-0.2, -0.15) is 0 Å². The van der Waals surface area contributed by atoms with Gasteiger partial charge in [-0.25, -0.2) is 4.98 Å². The zero-order valence-electron chi connectivity index (χ0n) is 18.3. The van der Waals surface area contributed by atoms with Crippen molar-refractivity contribution in [1.29, 1.82) is 0 Å². The molecule has 0 bridgehead atoms. The minimum atomic E-state index is -0.499. The molecule has 1 atom stereocenters. The van der Waals surface area contributed by atoms with Gasteiger partial charge in [-0.15, -0.1) is 0 Å². The molecule has 1 amide bonds. The molecule has 31 heavy (non-hydrogen) atoms. The van der Waals surface area contributed by atoms with Crippen LogP contribution in [0.1, 0.15) is 49.9 Å². The number of nitrogens with one attached hydrogen (secondary N) is 1. The van der Waals surface area contributed by atoms with Gasteiger partial charge in [0.2, 0.25) is 0 Å². The Labute approximate surface area is 182 Å². The average molecular weight is 429 g/mol. The van der Waals surface area contributed by atoms with E-state index in [1.54, 1.807) is 18.3 Å². The van der Waals surface area contributed by atoms with Crippen LogP contribution in [0.25, 0.3) is 11.0 Å². The third-order valence-corrected chi connectivity index (χ3v) is 6.54. The van der Waals surface area contributed by atoms with Crippen molar-refractivity contribution in [2.75, 3.05) is 26.2 Å². The zero-order chi connectivity index (χ0) is 22.0. The Kier molecular flexibility index (Phi) is 6.57. The van der Waals surface area contributed by atoms with E-state index in [1.807, 2.05) is 6.92 Å². The van der Waals surface area contributed by atoms with Gasteiger partial charge in [0, 0.05) is 38.4 Å². The molecule has 1 aliphatic heterocycles. The molecule has 2 N–H and O–H groups in total. The third-order valence-electron chi connectivity index (χ3n) is 6.54. The Balaban J connectivity index is 1.62. The molecular weight excluding hydrogens is 396 g/mol. The van der Waals surface area contributed by atoms with Gasteiger partial charge in [0.15, 0.2) is 0 Å². The van der Waals surface area contributed by atoms with Crippen LogP contribution in [-0.4, -0.2) is 63.9 Å². The lowest BCUT2D eigenvalue weighted by molar-refractivity contribution is -0.0191. The van der Waals surface area contributed by atoms with Gasteiger partial charge >= 0.3 is 0 Å². The van der Waals surface area contributed by atoms with Crippen molar-refractivity contribution in [1.82, 2.24) is 19.8 Å². The number of hydrogen-bond donors (Lipinski definition) is 2. The summed E-state index contributed by atoms with van der Waals surface area (Å²) in [5.74, 6) is -0.124. The normalized spacial score (nSPS) is 24.9. The predicted octanol–water partition coefficient (Wildman–Crippen LogP) is 2.13. The quantitative estimate of drug-likeness (QED) is 0.757. The van der Waals surface area contributed by atoms with Crippen molar-refractivity contribution in [2.45, 2.75) is 58.2 Å². The number of aromatic hydroxyl groups is 1. The van der Waals surface area contributed by atoms with Crippen LogP contribution in [0.3, 0.4) is 0 Å². The molecule has 0 aromatic carbocycles. The molecule has 8 heteroatoms. The van der Waals surface area contributed by atoms with E-state index in [0.717, 1.165) is 38.8 Å². The minimum absolute atomic E-state index is 0.0374. The largest absolute Gasteiger partial charge is 0.506 e. The summed E-state index contributed by atoms with van der Waals surface area (Å²) in [5.41, 5.74) is -0.282. The molecule has 0 radical (unpaired) electrons. The van der Waals surface area contributed by atoms with E-state index in [1.165, 1.54) is 4.57 Å². The number of pyridine rings is 2. The highest BCUT2D eigenvalue weighted by Gasteiger charge is 2.27. The maximum absolute atomic E-state index is 13.3. The number of nitrogens with zero attached hydrogens (tertiary/aromatic N) is 3. The van der Waals surface area contributed by atoms with E-state index in [-0.39, 0.29) is 23.5 Å². The molecule has 8 nitrogen and oxygen atoms in total. The van der Waals surface area contributed by atoms with E-state index in [2.05, 4.69) is 22.1 Å². The summed E-state index contributed by atoms with van der Waals surface area (Å²) in [6.07, 6.45) is 5.65. The number of rotatable bonds is 5. The monoisotopic (exact) mass is 428 g/mol. The Morgan fingerprint density at radius 3 is 2.77 bits per heavy atom. The number of amides is 1. The number of fused-ring (bicyclic) bond motifs is 1. The summed E-state index contributed by atoms with van der Waals surface area (Å²) in [4.78, 5) is 33.0. The summed E-state index contributed by atoms with van der Waals surface area (Å²) >= 11 is 0. The predicted molar refractivity (Wildman–Crippen MR) is 118 cm³/mol. The van der Waals surface area contributed by atoms with Crippen molar-refractivity contribution in [3.05, 3.63) is 34.2 Å². The Bertz CT molecular complexity index is 997. The minimum Gasteiger partial charge on any atom is -0.506 e. The van der Waals surface area contributed by atoms with Crippen LogP contribution >= 0.6 is 0 Å². The van der Waals surface area contributed by atoms with Gasteiger partial charge < -0.3 is 15.2 Å². The van der Waals surface area contributed by atoms with Crippen molar-refractivity contribution in [2.24, 2.45) is 5.92 Å². The molecule has 1 unspecified atom stereocenters. The van der Waals surface area contributed by atoms with Gasteiger partial charge in [-0.1, -0.05) is 6.92 Å². The van der Waals surface area contributed by atoms with Crippen LogP contribution in [0.2, 0.25) is 0 Å². The van der Waals surface area contributed by atoms with E-state index in [4.69, 9.17) is 4.74 Å². The lowest BCUT2D eigenvalue weighted by atomic mass is 9.87. The maximum atomic E-state index is 13.3. The second kappa shape index (κ2) is 9.36. The summed E-state index contributed by atoms with van der Waals surface area (Å²) in [7, 11) is 0. The molecule has 1 aliphatic carbocycles. The molecule has 1 saturated heterocycles. The summed E-state index contributed by atoms with van der Waals surface area (Å²) in [6, 6.07) is 3.43. The summed E-state index contributed by atoms with van der Waals surface area (Å²) in [6.45, 7) is 7.55. The van der Waals surface area contributed by atoms with E-state index in [0.29, 0.717) is 36.6 Å². The average Bonchev–Trinajstić information content (AvgIpc) is 2.75. The SMILES string of the molecule is CC1CCC(NC(=O)c2c(O)c3cccnc3n(CCN3CCOC(C)C3)c2=O)CC1. The first kappa shape index (κ1) is 21.8. The van der Waals surface area contributed by atoms with Crippen molar-refractivity contribution >= 4 is 16.9 Å². The smallest absolute Gasteiger partial charge is 0.268 e. The first-order valence-electron chi connectivity index (χ1n) is 11.3. The number of aromatic nitrogens is 2. The van der Waals surface area contributed by atoms with Crippen molar-refractivity contribution in [3.63, 3.8) is 0 Å². The number of hydrogen-bond acceptors (Lipinski definition) is 6. The zero-order valence-corrected chi connectivity index (χ0v) is 18.3. The topological polar surface area (TPSA) is 96.7 Å². The number of ether oxygens (including phenoxy) is 1. The standard InChI is InChI=1S/C23H32N4O4/c1-15-5-7-17(8-6-15)25-22(29)19-20(28)18-4-3-9-24-21(18)27(23(19)30)11-10-26-12-13-31-16(2)14-26/h3-4,9,15-17,28H,5-8,10-14H2,1-2H3,(H,25,29). The van der Waals surface area contributed by atoms with Crippen LogP contribution in [0.5, 0.6) is 5.75 Å². The molecule has 2 aromatic heterocycles. The first-order chi connectivity index (χ1) is 14.9. The fourth-order valence-corrected chi connectivity index (χ4v) is 4.67. The van der Waals surface area contributed by atoms with E-state index < -0.39 is 11.5 Å². The molecule has 1 saturated carbocycles. The molecule has 4 rings (SSSR count). The van der Waals surface area contributed by atoms with Crippen LogP contribution in [0.4, 0.5) is 0 Å². The Morgan fingerprint density at radius 1 is 1.26 bits per heavy atom. The summed E-state index contributed by atoms with van der Waals surface area (Å²) in [5, 5.41) is 14.2. The number of carbonyl (C=O) groups excluding carboxylic acids is 1. The fourth-order valence-electron chi connectivity index (χ4n) is 4.67. The molecule has 168 valence electrons. The Morgan fingerprint density at radius 2 is 2.03 bits per heavy atom. The van der Waals surface area contributed by atoms with E-state index >= 15 is 0 Å². The first-order valence-corrected chi connectivity index (χ1v) is 11.3.